The van der Waals surface area contributed by atoms with E-state index in [1.807, 2.05) is 24.3 Å². The first-order chi connectivity index (χ1) is 7.83. The maximum absolute atomic E-state index is 5.93. The number of fused-ring (bicyclic) bond motifs is 2. The van der Waals surface area contributed by atoms with E-state index in [0.717, 1.165) is 11.4 Å². The Kier molecular flexibility index (Phi) is 2.42. The molecule has 1 aliphatic carbocycles. The van der Waals surface area contributed by atoms with Gasteiger partial charge in [-0.25, -0.2) is 0 Å². The number of hydrogen-bond acceptors (Lipinski definition) is 3. The molecule has 3 rings (SSSR count). The number of ether oxygens (including phenoxy) is 1. The molecule has 1 aromatic heterocycles. The van der Waals surface area contributed by atoms with Crippen LogP contribution in [0.3, 0.4) is 0 Å². The normalized spacial score (nSPS) is 26.6. The number of pyridine rings is 1. The zero-order chi connectivity index (χ0) is 11.0. The predicted molar refractivity (Wildman–Crippen MR) is 63.5 cm³/mol. The lowest BCUT2D eigenvalue weighted by molar-refractivity contribution is 0.0697. The first-order valence-electron chi connectivity index (χ1n) is 5.20. The van der Waals surface area contributed by atoms with Crippen molar-refractivity contribution >= 4 is 17.3 Å². The van der Waals surface area contributed by atoms with Crippen molar-refractivity contribution in [3.05, 3.63) is 47.3 Å². The van der Waals surface area contributed by atoms with Crippen molar-refractivity contribution < 1.29 is 4.74 Å². The van der Waals surface area contributed by atoms with E-state index in [-0.39, 0.29) is 12.1 Å². The highest BCUT2D eigenvalue weighted by atomic mass is 35.5. The lowest BCUT2D eigenvalue weighted by atomic mass is 10.1. The van der Waals surface area contributed by atoms with Crippen molar-refractivity contribution in [1.82, 2.24) is 4.98 Å². The average Bonchev–Trinajstić information content (AvgIpc) is 2.47. The third-order valence-electron chi connectivity index (χ3n) is 2.76. The maximum Gasteiger partial charge on any atom is 0.100 e. The summed E-state index contributed by atoms with van der Waals surface area (Å²) in [5.41, 5.74) is 1.86. The summed E-state index contributed by atoms with van der Waals surface area (Å²) in [6, 6.07) is 2.05. The Morgan fingerprint density at radius 1 is 1.38 bits per heavy atom. The average molecular weight is 235 g/mol. The summed E-state index contributed by atoms with van der Waals surface area (Å²) in [6.45, 7) is 0.513. The number of anilines is 1. The number of nitrogens with one attached hydrogen (secondary N) is 1. The molecule has 0 saturated heterocycles. The number of nitrogens with zero attached hydrogens (tertiary/aromatic N) is 1. The van der Waals surface area contributed by atoms with E-state index < -0.39 is 0 Å². The van der Waals surface area contributed by atoms with Crippen LogP contribution in [0.15, 0.2) is 36.6 Å². The number of allylic oxidation sites excluding steroid dienone is 2. The molecule has 2 heterocycles. The Hall–Kier alpha value is -1.32. The highest BCUT2D eigenvalue weighted by molar-refractivity contribution is 6.30. The molecule has 0 radical (unpaired) electrons. The molecule has 82 valence electrons. The van der Waals surface area contributed by atoms with Gasteiger partial charge in [0.05, 0.1) is 29.1 Å². The van der Waals surface area contributed by atoms with Crippen LogP contribution >= 0.6 is 11.6 Å². The van der Waals surface area contributed by atoms with E-state index in [4.69, 9.17) is 16.3 Å². The van der Waals surface area contributed by atoms with Gasteiger partial charge in [0, 0.05) is 6.20 Å². The van der Waals surface area contributed by atoms with Crippen LogP contribution in [0, 0.1) is 0 Å². The van der Waals surface area contributed by atoms with Crippen LogP contribution in [0.1, 0.15) is 5.69 Å². The first kappa shape index (κ1) is 9.87. The largest absolute Gasteiger partial charge is 0.374 e. The minimum absolute atomic E-state index is 0.0676. The van der Waals surface area contributed by atoms with Gasteiger partial charge in [0.25, 0.3) is 0 Å². The molecule has 0 aromatic carbocycles. The van der Waals surface area contributed by atoms with E-state index >= 15 is 0 Å². The summed E-state index contributed by atoms with van der Waals surface area (Å²) in [5, 5.41) is 4.03. The summed E-state index contributed by atoms with van der Waals surface area (Å²) in [7, 11) is 0. The Bertz CT molecular complexity index is 470. The second kappa shape index (κ2) is 3.92. The number of halogens is 1. The highest BCUT2D eigenvalue weighted by Crippen LogP contribution is 2.26. The molecule has 2 aliphatic rings. The summed E-state index contributed by atoms with van der Waals surface area (Å²) < 4.78 is 5.77. The lowest BCUT2D eigenvalue weighted by Gasteiger charge is -2.22. The van der Waals surface area contributed by atoms with E-state index in [2.05, 4.69) is 16.4 Å². The second-order valence-corrected chi connectivity index (χ2v) is 4.30. The molecular formula is C12H11ClN2O. The Labute approximate surface area is 98.8 Å². The molecule has 0 bridgehead atoms. The van der Waals surface area contributed by atoms with Crippen LogP contribution in [-0.4, -0.2) is 17.1 Å². The molecule has 1 N–H and O–H groups in total. The SMILES string of the molecule is Clc1cnc2c(c1)NC1C=CC=CC1OC2. The molecule has 16 heavy (non-hydrogen) atoms. The van der Waals surface area contributed by atoms with Crippen LogP contribution in [0.4, 0.5) is 5.69 Å². The van der Waals surface area contributed by atoms with Gasteiger partial charge in [-0.05, 0) is 6.07 Å². The van der Waals surface area contributed by atoms with Gasteiger partial charge in [-0.1, -0.05) is 35.9 Å². The van der Waals surface area contributed by atoms with Gasteiger partial charge in [-0.15, -0.1) is 0 Å². The molecule has 0 amide bonds. The summed E-state index contributed by atoms with van der Waals surface area (Å²) >= 11 is 5.93. The highest BCUT2D eigenvalue weighted by Gasteiger charge is 2.24. The molecule has 4 heteroatoms. The van der Waals surface area contributed by atoms with Crippen molar-refractivity contribution in [3.8, 4) is 0 Å². The number of hydrogen-bond donors (Lipinski definition) is 1. The van der Waals surface area contributed by atoms with Crippen LogP contribution < -0.4 is 5.32 Å². The first-order valence-corrected chi connectivity index (χ1v) is 5.58. The topological polar surface area (TPSA) is 34.2 Å². The van der Waals surface area contributed by atoms with Crippen molar-refractivity contribution in [2.24, 2.45) is 0 Å². The van der Waals surface area contributed by atoms with Crippen molar-refractivity contribution in [3.63, 3.8) is 0 Å². The zero-order valence-corrected chi connectivity index (χ0v) is 9.32. The Balaban J connectivity index is 1.97. The summed E-state index contributed by atoms with van der Waals surface area (Å²) in [5.74, 6) is 0. The van der Waals surface area contributed by atoms with E-state index in [9.17, 15) is 0 Å². The second-order valence-electron chi connectivity index (χ2n) is 3.86. The molecule has 0 saturated carbocycles. The Morgan fingerprint density at radius 2 is 2.25 bits per heavy atom. The van der Waals surface area contributed by atoms with Gasteiger partial charge in [-0.2, -0.15) is 0 Å². The van der Waals surface area contributed by atoms with Gasteiger partial charge in [0.2, 0.25) is 0 Å². The smallest absolute Gasteiger partial charge is 0.100 e. The quantitative estimate of drug-likeness (QED) is 0.749. The van der Waals surface area contributed by atoms with Gasteiger partial charge >= 0.3 is 0 Å². The monoisotopic (exact) mass is 234 g/mol. The third-order valence-corrected chi connectivity index (χ3v) is 2.96. The molecule has 1 aliphatic heterocycles. The molecular weight excluding hydrogens is 224 g/mol. The summed E-state index contributed by atoms with van der Waals surface area (Å²) in [4.78, 5) is 4.27. The third kappa shape index (κ3) is 1.72. The van der Waals surface area contributed by atoms with Crippen LogP contribution in [0.25, 0.3) is 0 Å². The lowest BCUT2D eigenvalue weighted by Crippen LogP contribution is -2.31. The van der Waals surface area contributed by atoms with Gasteiger partial charge in [0.1, 0.15) is 6.10 Å². The molecule has 2 unspecified atom stereocenters. The zero-order valence-electron chi connectivity index (χ0n) is 8.56. The molecule has 3 nitrogen and oxygen atoms in total. The van der Waals surface area contributed by atoms with Crippen molar-refractivity contribution in [2.45, 2.75) is 18.8 Å². The maximum atomic E-state index is 5.93. The van der Waals surface area contributed by atoms with E-state index in [1.165, 1.54) is 0 Å². The molecule has 0 fully saturated rings. The minimum atomic E-state index is 0.0676. The molecule has 0 spiro atoms. The predicted octanol–water partition coefficient (Wildman–Crippen LogP) is 2.54. The summed E-state index contributed by atoms with van der Waals surface area (Å²) in [6.07, 6.45) is 9.86. The molecule has 2 atom stereocenters. The fraction of sp³-hybridized carbons (Fsp3) is 0.250. The molecule has 1 aromatic rings. The van der Waals surface area contributed by atoms with E-state index in [0.29, 0.717) is 11.6 Å². The number of aromatic nitrogens is 1. The van der Waals surface area contributed by atoms with Crippen molar-refractivity contribution in [1.29, 1.82) is 0 Å². The fourth-order valence-corrected chi connectivity index (χ4v) is 2.10. The van der Waals surface area contributed by atoms with Crippen LogP contribution in [-0.2, 0) is 11.3 Å². The van der Waals surface area contributed by atoms with E-state index in [1.54, 1.807) is 6.20 Å². The fourth-order valence-electron chi connectivity index (χ4n) is 1.94. The van der Waals surface area contributed by atoms with Crippen LogP contribution in [0.2, 0.25) is 5.02 Å². The van der Waals surface area contributed by atoms with Gasteiger partial charge < -0.3 is 10.1 Å². The standard InChI is InChI=1S/C12H11ClN2O/c13-8-5-10-11(14-6-8)7-16-12-4-2-1-3-9(12)15-10/h1-6,9,12,15H,7H2. The number of rotatable bonds is 0. The Morgan fingerprint density at radius 3 is 3.19 bits per heavy atom. The minimum Gasteiger partial charge on any atom is -0.374 e. The van der Waals surface area contributed by atoms with Crippen molar-refractivity contribution in [2.75, 3.05) is 5.32 Å². The van der Waals surface area contributed by atoms with Gasteiger partial charge in [0.15, 0.2) is 0 Å². The van der Waals surface area contributed by atoms with Gasteiger partial charge in [-0.3, -0.25) is 4.98 Å². The van der Waals surface area contributed by atoms with Crippen LogP contribution in [0.5, 0.6) is 0 Å².